The molecule has 1 unspecified atom stereocenters. The van der Waals surface area contributed by atoms with Gasteiger partial charge in [-0.25, -0.2) is 4.79 Å². The molecule has 1 aliphatic heterocycles. The molecule has 0 aliphatic carbocycles. The smallest absolute Gasteiger partial charge is 0.328 e. The van der Waals surface area contributed by atoms with Gasteiger partial charge in [-0.05, 0) is 56.9 Å². The summed E-state index contributed by atoms with van der Waals surface area (Å²) in [4.78, 5) is 14.2. The molecule has 106 valence electrons. The largest absolute Gasteiger partial charge is 0.464 e. The Morgan fingerprint density at radius 2 is 2.30 bits per heavy atom. The van der Waals surface area contributed by atoms with Crippen molar-refractivity contribution in [1.29, 1.82) is 5.26 Å². The molecule has 4 heteroatoms. The zero-order valence-corrected chi connectivity index (χ0v) is 12.1. The zero-order chi connectivity index (χ0) is 14.5. The molecular formula is C16H20N2O2. The van der Waals surface area contributed by atoms with Gasteiger partial charge in [0.25, 0.3) is 0 Å². The molecule has 1 heterocycles. The number of benzene rings is 1. The minimum absolute atomic E-state index is 0.144. The minimum atomic E-state index is -0.198. The molecule has 0 N–H and O–H groups in total. The summed E-state index contributed by atoms with van der Waals surface area (Å²) in [6.07, 6.45) is 2.96. The highest BCUT2D eigenvalue weighted by Crippen LogP contribution is 2.27. The molecule has 1 aromatic carbocycles. The van der Waals surface area contributed by atoms with E-state index in [1.54, 1.807) is 0 Å². The van der Waals surface area contributed by atoms with E-state index in [2.05, 4.69) is 11.0 Å². The lowest BCUT2D eigenvalue weighted by molar-refractivity contribution is -0.145. The molecule has 0 aromatic heterocycles. The number of piperidine rings is 1. The van der Waals surface area contributed by atoms with Gasteiger partial charge >= 0.3 is 5.97 Å². The van der Waals surface area contributed by atoms with Gasteiger partial charge in [-0.1, -0.05) is 0 Å². The number of nitrogens with zero attached hydrogens (tertiary/aromatic N) is 2. The molecule has 1 saturated heterocycles. The maximum Gasteiger partial charge on any atom is 0.328 e. The van der Waals surface area contributed by atoms with Crippen LogP contribution in [0.15, 0.2) is 18.2 Å². The second kappa shape index (κ2) is 6.42. The lowest BCUT2D eigenvalue weighted by Gasteiger charge is -2.36. The highest BCUT2D eigenvalue weighted by molar-refractivity contribution is 5.80. The third kappa shape index (κ3) is 2.93. The molecule has 0 bridgehead atoms. The fraction of sp³-hybridized carbons (Fsp3) is 0.500. The average molecular weight is 272 g/mol. The van der Waals surface area contributed by atoms with Crippen LogP contribution in [-0.2, 0) is 9.53 Å². The van der Waals surface area contributed by atoms with Crippen LogP contribution in [0, 0.1) is 18.3 Å². The average Bonchev–Trinajstić information content (AvgIpc) is 2.47. The first-order chi connectivity index (χ1) is 9.67. The number of ether oxygens (including phenoxy) is 1. The molecule has 4 nitrogen and oxygen atoms in total. The lowest BCUT2D eigenvalue weighted by atomic mass is 10.00. The predicted molar refractivity (Wildman–Crippen MR) is 77.5 cm³/mol. The molecule has 1 aliphatic rings. The summed E-state index contributed by atoms with van der Waals surface area (Å²) < 4.78 is 5.18. The highest BCUT2D eigenvalue weighted by atomic mass is 16.5. The van der Waals surface area contributed by atoms with E-state index in [0.717, 1.165) is 37.1 Å². The summed E-state index contributed by atoms with van der Waals surface area (Å²) in [5.41, 5.74) is 2.62. The van der Waals surface area contributed by atoms with Crippen molar-refractivity contribution in [2.45, 2.75) is 39.2 Å². The van der Waals surface area contributed by atoms with Gasteiger partial charge in [-0.2, -0.15) is 5.26 Å². The van der Waals surface area contributed by atoms with Crippen molar-refractivity contribution in [1.82, 2.24) is 0 Å². The van der Waals surface area contributed by atoms with Gasteiger partial charge in [0, 0.05) is 12.2 Å². The Bertz CT molecular complexity index is 534. The Balaban J connectivity index is 2.26. The number of anilines is 1. The van der Waals surface area contributed by atoms with E-state index in [1.807, 2.05) is 32.0 Å². The van der Waals surface area contributed by atoms with Crippen molar-refractivity contribution in [2.75, 3.05) is 18.1 Å². The Labute approximate surface area is 120 Å². The first kappa shape index (κ1) is 14.4. The number of hydrogen-bond donors (Lipinski definition) is 0. The van der Waals surface area contributed by atoms with E-state index < -0.39 is 0 Å². The van der Waals surface area contributed by atoms with Crippen molar-refractivity contribution >= 4 is 11.7 Å². The second-order valence-corrected chi connectivity index (χ2v) is 5.07. The predicted octanol–water partition coefficient (Wildman–Crippen LogP) is 2.79. The van der Waals surface area contributed by atoms with Crippen LogP contribution in [0.25, 0.3) is 0 Å². The summed E-state index contributed by atoms with van der Waals surface area (Å²) in [6, 6.07) is 7.69. The maximum atomic E-state index is 12.1. The molecule has 0 amide bonds. The molecule has 20 heavy (non-hydrogen) atoms. The number of hydrogen-bond acceptors (Lipinski definition) is 4. The van der Waals surface area contributed by atoms with Gasteiger partial charge < -0.3 is 9.64 Å². The molecule has 1 atom stereocenters. The SMILES string of the molecule is CCOC(=O)C1CCCCN1c1ccc(C#N)c(C)c1. The van der Waals surface area contributed by atoms with Crippen LogP contribution in [-0.4, -0.2) is 25.2 Å². The van der Waals surface area contributed by atoms with E-state index in [4.69, 9.17) is 10.00 Å². The molecule has 0 spiro atoms. The molecule has 2 rings (SSSR count). The first-order valence-corrected chi connectivity index (χ1v) is 7.11. The van der Waals surface area contributed by atoms with Crippen LogP contribution in [0.5, 0.6) is 0 Å². The van der Waals surface area contributed by atoms with E-state index in [1.165, 1.54) is 0 Å². The van der Waals surface area contributed by atoms with Crippen molar-refractivity contribution in [3.8, 4) is 6.07 Å². The number of aryl methyl sites for hydroxylation is 1. The van der Waals surface area contributed by atoms with Crippen LogP contribution in [0.1, 0.15) is 37.3 Å². The minimum Gasteiger partial charge on any atom is -0.464 e. The summed E-state index contributed by atoms with van der Waals surface area (Å²) >= 11 is 0. The first-order valence-electron chi connectivity index (χ1n) is 7.11. The number of esters is 1. The van der Waals surface area contributed by atoms with Crippen LogP contribution < -0.4 is 4.90 Å². The summed E-state index contributed by atoms with van der Waals surface area (Å²) in [5.74, 6) is -0.144. The standard InChI is InChI=1S/C16H20N2O2/c1-3-20-16(19)15-6-4-5-9-18(15)14-8-7-13(11-17)12(2)10-14/h7-8,10,15H,3-6,9H2,1-2H3. The summed E-state index contributed by atoms with van der Waals surface area (Å²) in [5, 5.41) is 8.99. The second-order valence-electron chi connectivity index (χ2n) is 5.07. The quantitative estimate of drug-likeness (QED) is 0.794. The van der Waals surface area contributed by atoms with Gasteiger partial charge in [0.2, 0.25) is 0 Å². The fourth-order valence-electron chi connectivity index (χ4n) is 2.68. The van der Waals surface area contributed by atoms with E-state index in [9.17, 15) is 4.79 Å². The van der Waals surface area contributed by atoms with E-state index in [-0.39, 0.29) is 12.0 Å². The van der Waals surface area contributed by atoms with Crippen molar-refractivity contribution in [2.24, 2.45) is 0 Å². The number of carbonyl (C=O) groups is 1. The van der Waals surface area contributed by atoms with Gasteiger partial charge in [-0.15, -0.1) is 0 Å². The Hall–Kier alpha value is -2.02. The van der Waals surface area contributed by atoms with Crippen molar-refractivity contribution in [3.63, 3.8) is 0 Å². The van der Waals surface area contributed by atoms with E-state index in [0.29, 0.717) is 12.2 Å². The Morgan fingerprint density at radius 1 is 1.50 bits per heavy atom. The summed E-state index contributed by atoms with van der Waals surface area (Å²) in [7, 11) is 0. The third-order valence-corrected chi connectivity index (χ3v) is 3.72. The van der Waals surface area contributed by atoms with Crippen LogP contribution in [0.4, 0.5) is 5.69 Å². The summed E-state index contributed by atoms with van der Waals surface area (Å²) in [6.45, 7) is 5.02. The van der Waals surface area contributed by atoms with Crippen LogP contribution >= 0.6 is 0 Å². The van der Waals surface area contributed by atoms with Crippen molar-refractivity contribution in [3.05, 3.63) is 29.3 Å². The number of carbonyl (C=O) groups excluding carboxylic acids is 1. The molecule has 1 aromatic rings. The van der Waals surface area contributed by atoms with Gasteiger partial charge in [0.05, 0.1) is 18.2 Å². The molecule has 1 fully saturated rings. The van der Waals surface area contributed by atoms with E-state index >= 15 is 0 Å². The lowest BCUT2D eigenvalue weighted by Crippen LogP contribution is -2.45. The Morgan fingerprint density at radius 3 is 2.95 bits per heavy atom. The third-order valence-electron chi connectivity index (χ3n) is 3.72. The van der Waals surface area contributed by atoms with Crippen molar-refractivity contribution < 1.29 is 9.53 Å². The van der Waals surface area contributed by atoms with Gasteiger partial charge in [-0.3, -0.25) is 0 Å². The Kier molecular flexibility index (Phi) is 4.62. The maximum absolute atomic E-state index is 12.1. The monoisotopic (exact) mass is 272 g/mol. The number of nitriles is 1. The molecule has 0 radical (unpaired) electrons. The van der Waals surface area contributed by atoms with Gasteiger partial charge in [0.1, 0.15) is 6.04 Å². The van der Waals surface area contributed by atoms with Gasteiger partial charge in [0.15, 0.2) is 0 Å². The normalized spacial score (nSPS) is 18.4. The van der Waals surface area contributed by atoms with Crippen LogP contribution in [0.2, 0.25) is 0 Å². The number of rotatable bonds is 3. The van der Waals surface area contributed by atoms with Crippen LogP contribution in [0.3, 0.4) is 0 Å². The fourth-order valence-corrected chi connectivity index (χ4v) is 2.68. The molecule has 0 saturated carbocycles. The topological polar surface area (TPSA) is 53.3 Å². The zero-order valence-electron chi connectivity index (χ0n) is 12.1. The highest BCUT2D eigenvalue weighted by Gasteiger charge is 2.30. The molecular weight excluding hydrogens is 252 g/mol.